The molecule has 0 aliphatic rings. The Morgan fingerprint density at radius 1 is 1.16 bits per heavy atom. The SMILES string of the molecule is CCOc1ccc(NS(=O)(=O)c2ccc(C)c([N+](=O)[O-])c2)cc1OC. The molecule has 0 heterocycles. The first-order valence-electron chi connectivity index (χ1n) is 7.37. The van der Waals surface area contributed by atoms with E-state index in [9.17, 15) is 18.5 Å². The molecule has 0 bridgehead atoms. The van der Waals surface area contributed by atoms with Crippen molar-refractivity contribution in [1.29, 1.82) is 0 Å². The minimum absolute atomic E-state index is 0.197. The second-order valence-electron chi connectivity index (χ2n) is 5.11. The van der Waals surface area contributed by atoms with E-state index in [1.807, 2.05) is 6.92 Å². The van der Waals surface area contributed by atoms with Crippen LogP contribution in [0.1, 0.15) is 12.5 Å². The Morgan fingerprint density at radius 3 is 2.48 bits per heavy atom. The molecule has 134 valence electrons. The second kappa shape index (κ2) is 7.39. The first-order chi connectivity index (χ1) is 11.8. The van der Waals surface area contributed by atoms with Crippen LogP contribution in [0.15, 0.2) is 41.3 Å². The van der Waals surface area contributed by atoms with Crippen LogP contribution in [0.25, 0.3) is 0 Å². The van der Waals surface area contributed by atoms with E-state index in [1.54, 1.807) is 13.0 Å². The van der Waals surface area contributed by atoms with E-state index < -0.39 is 14.9 Å². The Bertz CT molecular complexity index is 895. The summed E-state index contributed by atoms with van der Waals surface area (Å²) in [7, 11) is -2.54. The maximum absolute atomic E-state index is 12.5. The monoisotopic (exact) mass is 366 g/mol. The van der Waals surface area contributed by atoms with Crippen molar-refractivity contribution in [1.82, 2.24) is 0 Å². The van der Waals surface area contributed by atoms with Gasteiger partial charge in [-0.05, 0) is 32.0 Å². The molecule has 8 nitrogen and oxygen atoms in total. The molecule has 0 aliphatic heterocycles. The zero-order chi connectivity index (χ0) is 18.6. The number of nitro groups is 1. The Balaban J connectivity index is 2.36. The van der Waals surface area contributed by atoms with Gasteiger partial charge in [0.15, 0.2) is 11.5 Å². The minimum Gasteiger partial charge on any atom is -0.493 e. The van der Waals surface area contributed by atoms with Crippen LogP contribution in [-0.4, -0.2) is 27.1 Å². The molecule has 1 N–H and O–H groups in total. The van der Waals surface area contributed by atoms with Crippen molar-refractivity contribution >= 4 is 21.4 Å². The van der Waals surface area contributed by atoms with Crippen LogP contribution in [0.5, 0.6) is 11.5 Å². The fourth-order valence-electron chi connectivity index (χ4n) is 2.17. The highest BCUT2D eigenvalue weighted by molar-refractivity contribution is 7.92. The molecule has 0 radical (unpaired) electrons. The third kappa shape index (κ3) is 4.18. The third-order valence-corrected chi connectivity index (χ3v) is 4.78. The Kier molecular flexibility index (Phi) is 5.48. The molecule has 2 aromatic carbocycles. The van der Waals surface area contributed by atoms with Gasteiger partial charge >= 0.3 is 0 Å². The van der Waals surface area contributed by atoms with E-state index >= 15 is 0 Å². The van der Waals surface area contributed by atoms with E-state index in [2.05, 4.69) is 4.72 Å². The van der Waals surface area contributed by atoms with Gasteiger partial charge in [0.1, 0.15) is 0 Å². The van der Waals surface area contributed by atoms with Crippen molar-refractivity contribution in [3.8, 4) is 11.5 Å². The van der Waals surface area contributed by atoms with Crippen molar-refractivity contribution < 1.29 is 22.8 Å². The van der Waals surface area contributed by atoms with Gasteiger partial charge in [0.2, 0.25) is 0 Å². The number of aryl methyl sites for hydroxylation is 1. The summed E-state index contributed by atoms with van der Waals surface area (Å²) in [4.78, 5) is 10.2. The predicted molar refractivity (Wildman–Crippen MR) is 92.8 cm³/mol. The summed E-state index contributed by atoms with van der Waals surface area (Å²) >= 11 is 0. The first kappa shape index (κ1) is 18.5. The van der Waals surface area contributed by atoms with Crippen LogP contribution >= 0.6 is 0 Å². The number of methoxy groups -OCH3 is 1. The van der Waals surface area contributed by atoms with E-state index in [0.717, 1.165) is 6.07 Å². The Hall–Kier alpha value is -2.81. The summed E-state index contributed by atoms with van der Waals surface area (Å²) in [6.45, 7) is 3.80. The lowest BCUT2D eigenvalue weighted by molar-refractivity contribution is -0.385. The summed E-state index contributed by atoms with van der Waals surface area (Å²) in [5, 5.41) is 11.0. The summed E-state index contributed by atoms with van der Waals surface area (Å²) in [6.07, 6.45) is 0. The standard InChI is InChI=1S/C16H18N2O6S/c1-4-24-15-8-6-12(9-16(15)23-3)17-25(21,22)13-7-5-11(2)14(10-13)18(19)20/h5-10,17H,4H2,1-3H3. The highest BCUT2D eigenvalue weighted by atomic mass is 32.2. The van der Waals surface area contributed by atoms with E-state index in [1.165, 1.54) is 31.4 Å². The molecule has 0 saturated carbocycles. The van der Waals surface area contributed by atoms with Crippen LogP contribution < -0.4 is 14.2 Å². The molecule has 2 rings (SSSR count). The molecular formula is C16H18N2O6S. The van der Waals surface area contributed by atoms with Gasteiger partial charge < -0.3 is 9.47 Å². The number of anilines is 1. The number of rotatable bonds is 7. The van der Waals surface area contributed by atoms with Crippen LogP contribution in [0, 0.1) is 17.0 Å². The second-order valence-corrected chi connectivity index (χ2v) is 6.79. The Labute approximate surface area is 145 Å². The first-order valence-corrected chi connectivity index (χ1v) is 8.85. The molecule has 0 aromatic heterocycles. The van der Waals surface area contributed by atoms with Crippen molar-refractivity contribution in [3.05, 3.63) is 52.1 Å². The quantitative estimate of drug-likeness (QED) is 0.596. The summed E-state index contributed by atoms with van der Waals surface area (Å²) in [6, 6.07) is 8.32. The molecule has 0 saturated heterocycles. The number of ether oxygens (including phenoxy) is 2. The number of hydrogen-bond acceptors (Lipinski definition) is 6. The smallest absolute Gasteiger partial charge is 0.273 e. The average Bonchev–Trinajstić information content (AvgIpc) is 2.56. The molecule has 0 amide bonds. The molecule has 25 heavy (non-hydrogen) atoms. The van der Waals surface area contributed by atoms with E-state index in [4.69, 9.17) is 9.47 Å². The van der Waals surface area contributed by atoms with Crippen molar-refractivity contribution in [2.24, 2.45) is 0 Å². The highest BCUT2D eigenvalue weighted by Gasteiger charge is 2.20. The lowest BCUT2D eigenvalue weighted by atomic mass is 10.2. The van der Waals surface area contributed by atoms with Gasteiger partial charge in [-0.3, -0.25) is 14.8 Å². The highest BCUT2D eigenvalue weighted by Crippen LogP contribution is 2.31. The maximum Gasteiger partial charge on any atom is 0.273 e. The lowest BCUT2D eigenvalue weighted by Crippen LogP contribution is -2.13. The topological polar surface area (TPSA) is 108 Å². The molecule has 0 atom stereocenters. The maximum atomic E-state index is 12.5. The Morgan fingerprint density at radius 2 is 1.88 bits per heavy atom. The third-order valence-electron chi connectivity index (χ3n) is 3.40. The molecule has 0 fully saturated rings. The van der Waals surface area contributed by atoms with Gasteiger partial charge in [-0.15, -0.1) is 0 Å². The predicted octanol–water partition coefficient (Wildman–Crippen LogP) is 3.11. The van der Waals surface area contributed by atoms with Crippen molar-refractivity contribution in [3.63, 3.8) is 0 Å². The zero-order valence-corrected chi connectivity index (χ0v) is 14.8. The van der Waals surface area contributed by atoms with Crippen molar-refractivity contribution in [2.45, 2.75) is 18.7 Å². The fourth-order valence-corrected chi connectivity index (χ4v) is 3.24. The zero-order valence-electron chi connectivity index (χ0n) is 14.0. The van der Waals surface area contributed by atoms with Gasteiger partial charge in [-0.1, -0.05) is 6.07 Å². The summed E-state index contributed by atoms with van der Waals surface area (Å²) < 4.78 is 37.9. The number of nitrogens with one attached hydrogen (secondary N) is 1. The largest absolute Gasteiger partial charge is 0.493 e. The van der Waals surface area contributed by atoms with Gasteiger partial charge in [0, 0.05) is 17.7 Å². The van der Waals surface area contributed by atoms with Crippen LogP contribution in [-0.2, 0) is 10.0 Å². The molecule has 0 spiro atoms. The van der Waals surface area contributed by atoms with Gasteiger partial charge in [-0.25, -0.2) is 8.42 Å². The molecule has 9 heteroatoms. The van der Waals surface area contributed by atoms with Crippen molar-refractivity contribution in [2.75, 3.05) is 18.4 Å². The fraction of sp³-hybridized carbons (Fsp3) is 0.250. The number of nitrogens with zero attached hydrogens (tertiary/aromatic N) is 1. The molecule has 0 unspecified atom stereocenters. The number of hydrogen-bond donors (Lipinski definition) is 1. The van der Waals surface area contributed by atoms with Crippen LogP contribution in [0.4, 0.5) is 11.4 Å². The van der Waals surface area contributed by atoms with Gasteiger partial charge in [-0.2, -0.15) is 0 Å². The number of sulfonamides is 1. The van der Waals surface area contributed by atoms with Crippen LogP contribution in [0.2, 0.25) is 0 Å². The van der Waals surface area contributed by atoms with Crippen LogP contribution in [0.3, 0.4) is 0 Å². The normalized spacial score (nSPS) is 11.0. The molecule has 2 aromatic rings. The number of benzene rings is 2. The van der Waals surface area contributed by atoms with E-state index in [-0.39, 0.29) is 16.3 Å². The number of nitro benzene ring substituents is 1. The van der Waals surface area contributed by atoms with Gasteiger partial charge in [0.25, 0.3) is 15.7 Å². The average molecular weight is 366 g/mol. The summed E-state index contributed by atoms with van der Waals surface area (Å²) in [5.74, 6) is 0.857. The molecular weight excluding hydrogens is 348 g/mol. The molecule has 0 aliphatic carbocycles. The lowest BCUT2D eigenvalue weighted by Gasteiger charge is -2.13. The minimum atomic E-state index is -3.99. The summed E-state index contributed by atoms with van der Waals surface area (Å²) in [5.41, 5.74) is 0.377. The van der Waals surface area contributed by atoms with E-state index in [0.29, 0.717) is 23.7 Å². The van der Waals surface area contributed by atoms with Gasteiger partial charge in [0.05, 0.1) is 29.2 Å².